The molecule has 32 heavy (non-hydrogen) atoms. The molecule has 0 atom stereocenters. The largest absolute Gasteiger partial charge is 0.481 e. The van der Waals surface area contributed by atoms with Crippen molar-refractivity contribution in [1.29, 1.82) is 0 Å². The number of halogens is 1. The molecule has 4 heterocycles. The molecule has 0 aliphatic rings. The van der Waals surface area contributed by atoms with Crippen LogP contribution in [0, 0.1) is 5.95 Å². The van der Waals surface area contributed by atoms with E-state index in [0.29, 0.717) is 53.1 Å². The molecule has 166 valence electrons. The standard InChI is InChI=1S/C22H22FN5O3S/c1-31-22-14(4-3-9-24-22)5-7-17-8-6-15(20(23)27-17)10-16-12-25-21-19(16)11-18(13-26-21)28-32(2,29)30/h3-4,6,8-9,11-13,28H,5,7,10H2,1-2H3,(H,25,26). The first-order valence-electron chi connectivity index (χ1n) is 9.88. The second-order valence-electron chi connectivity index (χ2n) is 7.41. The van der Waals surface area contributed by atoms with Gasteiger partial charge in [-0.2, -0.15) is 4.39 Å². The Labute approximate surface area is 185 Å². The number of nitrogens with zero attached hydrogens (tertiary/aromatic N) is 3. The van der Waals surface area contributed by atoms with E-state index >= 15 is 0 Å². The Hall–Kier alpha value is -3.53. The van der Waals surface area contributed by atoms with Crippen LogP contribution in [0.5, 0.6) is 5.88 Å². The maximum atomic E-state index is 14.7. The quantitative estimate of drug-likeness (QED) is 0.395. The van der Waals surface area contributed by atoms with Crippen molar-refractivity contribution in [3.05, 3.63) is 77.3 Å². The molecule has 0 aliphatic carbocycles. The van der Waals surface area contributed by atoms with Gasteiger partial charge >= 0.3 is 0 Å². The molecule has 0 aliphatic heterocycles. The minimum atomic E-state index is -3.42. The van der Waals surface area contributed by atoms with Gasteiger partial charge in [-0.05, 0) is 36.6 Å². The molecular formula is C22H22FN5O3S. The Balaban J connectivity index is 1.51. The van der Waals surface area contributed by atoms with Gasteiger partial charge in [0.2, 0.25) is 21.9 Å². The first kappa shape index (κ1) is 21.7. The third-order valence-electron chi connectivity index (χ3n) is 4.98. The van der Waals surface area contributed by atoms with Crippen LogP contribution in [0.1, 0.15) is 22.4 Å². The smallest absolute Gasteiger partial charge is 0.229 e. The Morgan fingerprint density at radius 3 is 2.72 bits per heavy atom. The summed E-state index contributed by atoms with van der Waals surface area (Å²) < 4.78 is 45.4. The predicted octanol–water partition coefficient (Wildman–Crippen LogP) is 3.25. The van der Waals surface area contributed by atoms with Gasteiger partial charge in [0.15, 0.2) is 0 Å². The van der Waals surface area contributed by atoms with E-state index in [0.717, 1.165) is 17.4 Å². The number of H-pyrrole nitrogens is 1. The maximum absolute atomic E-state index is 14.7. The lowest BCUT2D eigenvalue weighted by molar-refractivity contribution is 0.392. The highest BCUT2D eigenvalue weighted by atomic mass is 32.2. The lowest BCUT2D eigenvalue weighted by Gasteiger charge is -2.08. The summed E-state index contributed by atoms with van der Waals surface area (Å²) >= 11 is 0. The van der Waals surface area contributed by atoms with Crippen LogP contribution in [0.25, 0.3) is 11.0 Å². The summed E-state index contributed by atoms with van der Waals surface area (Å²) in [6.45, 7) is 0. The predicted molar refractivity (Wildman–Crippen MR) is 120 cm³/mol. The van der Waals surface area contributed by atoms with E-state index in [1.165, 1.54) is 6.20 Å². The minimum Gasteiger partial charge on any atom is -0.481 e. The topological polar surface area (TPSA) is 110 Å². The van der Waals surface area contributed by atoms with E-state index in [1.807, 2.05) is 18.2 Å². The zero-order valence-corrected chi connectivity index (χ0v) is 18.4. The van der Waals surface area contributed by atoms with Crippen LogP contribution >= 0.6 is 0 Å². The number of pyridine rings is 3. The van der Waals surface area contributed by atoms with Gasteiger partial charge in [0, 0.05) is 41.0 Å². The first-order valence-corrected chi connectivity index (χ1v) is 11.8. The van der Waals surface area contributed by atoms with Gasteiger partial charge in [0.1, 0.15) is 5.65 Å². The van der Waals surface area contributed by atoms with E-state index < -0.39 is 16.0 Å². The number of hydrogen-bond donors (Lipinski definition) is 2. The van der Waals surface area contributed by atoms with Crippen molar-refractivity contribution in [3.8, 4) is 5.88 Å². The number of hydrogen-bond acceptors (Lipinski definition) is 6. The molecule has 10 heteroatoms. The monoisotopic (exact) mass is 455 g/mol. The molecule has 0 saturated heterocycles. The van der Waals surface area contributed by atoms with Crippen molar-refractivity contribution in [3.63, 3.8) is 0 Å². The van der Waals surface area contributed by atoms with Crippen LogP contribution in [0.2, 0.25) is 0 Å². The fourth-order valence-electron chi connectivity index (χ4n) is 3.51. The van der Waals surface area contributed by atoms with Crippen LogP contribution in [-0.2, 0) is 29.3 Å². The minimum absolute atomic E-state index is 0.291. The number of aryl methyl sites for hydroxylation is 2. The molecule has 4 aromatic rings. The zero-order valence-electron chi connectivity index (χ0n) is 17.6. The van der Waals surface area contributed by atoms with Crippen molar-refractivity contribution in [2.24, 2.45) is 0 Å². The molecule has 2 N–H and O–H groups in total. The molecule has 0 amide bonds. The second kappa shape index (κ2) is 8.91. The van der Waals surface area contributed by atoms with Crippen molar-refractivity contribution >= 4 is 26.7 Å². The van der Waals surface area contributed by atoms with Crippen molar-refractivity contribution in [2.75, 3.05) is 18.1 Å². The second-order valence-corrected chi connectivity index (χ2v) is 9.16. The van der Waals surface area contributed by atoms with Gasteiger partial charge in [-0.15, -0.1) is 0 Å². The number of ether oxygens (including phenoxy) is 1. The highest BCUT2D eigenvalue weighted by Gasteiger charge is 2.13. The number of nitrogens with one attached hydrogen (secondary N) is 2. The van der Waals surface area contributed by atoms with Crippen molar-refractivity contribution < 1.29 is 17.5 Å². The number of aromatic amines is 1. The van der Waals surface area contributed by atoms with Gasteiger partial charge in [0.25, 0.3) is 0 Å². The lowest BCUT2D eigenvalue weighted by Crippen LogP contribution is -2.09. The Morgan fingerprint density at radius 2 is 1.97 bits per heavy atom. The molecule has 0 saturated carbocycles. The highest BCUT2D eigenvalue weighted by molar-refractivity contribution is 7.92. The van der Waals surface area contributed by atoms with Crippen LogP contribution < -0.4 is 9.46 Å². The van der Waals surface area contributed by atoms with E-state index in [4.69, 9.17) is 4.74 Å². The molecule has 0 aromatic carbocycles. The summed E-state index contributed by atoms with van der Waals surface area (Å²) in [5.41, 5.74) is 3.74. The molecule has 4 aromatic heterocycles. The van der Waals surface area contributed by atoms with E-state index in [9.17, 15) is 12.8 Å². The van der Waals surface area contributed by atoms with Crippen LogP contribution in [0.4, 0.5) is 10.1 Å². The fourth-order valence-corrected chi connectivity index (χ4v) is 4.05. The molecular weight excluding hydrogens is 433 g/mol. The molecule has 8 nitrogen and oxygen atoms in total. The summed E-state index contributed by atoms with van der Waals surface area (Å²) in [5, 5.41) is 0.714. The Morgan fingerprint density at radius 1 is 1.12 bits per heavy atom. The fraction of sp³-hybridized carbons (Fsp3) is 0.227. The van der Waals surface area contributed by atoms with Gasteiger partial charge < -0.3 is 9.72 Å². The molecule has 0 fully saturated rings. The molecule has 0 unspecified atom stereocenters. The third-order valence-corrected chi connectivity index (χ3v) is 5.58. The van der Waals surface area contributed by atoms with Gasteiger partial charge in [-0.25, -0.2) is 23.4 Å². The molecule has 0 radical (unpaired) electrons. The van der Waals surface area contributed by atoms with E-state index in [2.05, 4.69) is 24.7 Å². The number of fused-ring (bicyclic) bond motifs is 1. The summed E-state index contributed by atoms with van der Waals surface area (Å²) in [7, 11) is -1.86. The van der Waals surface area contributed by atoms with Crippen molar-refractivity contribution in [1.82, 2.24) is 19.9 Å². The van der Waals surface area contributed by atoms with Crippen LogP contribution in [-0.4, -0.2) is 41.7 Å². The Kier molecular flexibility index (Phi) is 6.04. The Bertz CT molecular complexity index is 1370. The molecule has 0 spiro atoms. The van der Waals surface area contributed by atoms with Gasteiger partial charge in [-0.3, -0.25) is 4.72 Å². The SMILES string of the molecule is COc1ncccc1CCc1ccc(Cc2c[nH]c3ncc(NS(C)(=O)=O)cc23)c(F)n1. The number of aromatic nitrogens is 4. The summed E-state index contributed by atoms with van der Waals surface area (Å²) in [5.74, 6) is 0.0237. The number of sulfonamides is 1. The van der Waals surface area contributed by atoms with Gasteiger partial charge in [0.05, 0.1) is 25.2 Å². The first-order chi connectivity index (χ1) is 15.3. The van der Waals surface area contributed by atoms with Crippen LogP contribution in [0.15, 0.2) is 48.9 Å². The van der Waals surface area contributed by atoms with Crippen LogP contribution in [0.3, 0.4) is 0 Å². The average molecular weight is 456 g/mol. The zero-order chi connectivity index (χ0) is 22.7. The molecule has 4 rings (SSSR count). The lowest BCUT2D eigenvalue weighted by atomic mass is 10.0. The highest BCUT2D eigenvalue weighted by Crippen LogP contribution is 2.24. The average Bonchev–Trinajstić information content (AvgIpc) is 3.15. The summed E-state index contributed by atoms with van der Waals surface area (Å²) in [6.07, 6.45) is 7.38. The normalized spacial score (nSPS) is 11.6. The number of anilines is 1. The third kappa shape index (κ3) is 5.02. The van der Waals surface area contributed by atoms with Crippen molar-refractivity contribution in [2.45, 2.75) is 19.3 Å². The molecule has 0 bridgehead atoms. The number of rotatable bonds is 8. The van der Waals surface area contributed by atoms with Gasteiger partial charge in [-0.1, -0.05) is 12.1 Å². The maximum Gasteiger partial charge on any atom is 0.229 e. The number of methoxy groups -OCH3 is 1. The summed E-state index contributed by atoms with van der Waals surface area (Å²) in [6, 6.07) is 8.97. The van der Waals surface area contributed by atoms with E-state index in [-0.39, 0.29) is 0 Å². The summed E-state index contributed by atoms with van der Waals surface area (Å²) in [4.78, 5) is 15.5. The van der Waals surface area contributed by atoms with E-state index in [1.54, 1.807) is 31.6 Å².